The molecule has 1 heterocycles. The molecule has 1 aromatic heterocycles. The van der Waals surface area contributed by atoms with Gasteiger partial charge in [-0.25, -0.2) is 0 Å². The van der Waals surface area contributed by atoms with Gasteiger partial charge in [-0.3, -0.25) is 4.79 Å². The van der Waals surface area contributed by atoms with Gasteiger partial charge in [0.25, 0.3) is 0 Å². The smallest absolute Gasteiger partial charge is 0.222 e. The van der Waals surface area contributed by atoms with Crippen LogP contribution in [0.2, 0.25) is 0 Å². The molecule has 5 nitrogen and oxygen atoms in total. The normalized spacial score (nSPS) is 11.1. The average molecular weight is 228 g/mol. The van der Waals surface area contributed by atoms with Crippen molar-refractivity contribution < 1.29 is 4.79 Å². The molecule has 1 rings (SSSR count). The summed E-state index contributed by atoms with van der Waals surface area (Å²) in [7, 11) is 0. The van der Waals surface area contributed by atoms with Crippen LogP contribution in [0.3, 0.4) is 0 Å². The third-order valence-electron chi connectivity index (χ3n) is 1.50. The van der Waals surface area contributed by atoms with E-state index in [0.29, 0.717) is 13.0 Å². The maximum absolute atomic E-state index is 11.4. The summed E-state index contributed by atoms with van der Waals surface area (Å²) < 4.78 is 0. The third-order valence-corrected chi connectivity index (χ3v) is 2.15. The number of carbonyl (C=O) groups is 1. The average Bonchev–Trinajstić information content (AvgIpc) is 2.53. The first-order valence-electron chi connectivity index (χ1n) is 4.78. The summed E-state index contributed by atoms with van der Waals surface area (Å²) in [4.78, 5) is 11.4. The monoisotopic (exact) mass is 228 g/mol. The highest BCUT2D eigenvalue weighted by atomic mass is 32.1. The fraction of sp³-hybridized carbons (Fsp3) is 0.667. The van der Waals surface area contributed by atoms with Crippen LogP contribution >= 0.6 is 11.3 Å². The van der Waals surface area contributed by atoms with Gasteiger partial charge in [0.2, 0.25) is 11.0 Å². The maximum atomic E-state index is 11.4. The number of carbonyl (C=O) groups excluding carboxylic acids is 1. The molecule has 0 fully saturated rings. The molecule has 2 N–H and O–H groups in total. The molecule has 0 aliphatic rings. The van der Waals surface area contributed by atoms with Gasteiger partial charge in [0, 0.05) is 18.5 Å². The predicted octanol–water partition coefficient (Wildman–Crippen LogP) is 1.25. The molecule has 0 aliphatic carbocycles. The first-order chi connectivity index (χ1) is 6.97. The number of amides is 1. The quantitative estimate of drug-likeness (QED) is 0.814. The summed E-state index contributed by atoms with van der Waals surface area (Å²) in [5.41, 5.74) is 1.48. The second-order valence-corrected chi connectivity index (χ2v) is 5.05. The van der Waals surface area contributed by atoms with Crippen LogP contribution < -0.4 is 10.6 Å². The molecule has 0 unspecified atom stereocenters. The van der Waals surface area contributed by atoms with E-state index >= 15 is 0 Å². The fourth-order valence-corrected chi connectivity index (χ4v) is 1.49. The largest absolute Gasteiger partial charge is 0.360 e. The molecule has 0 aromatic carbocycles. The Morgan fingerprint density at radius 1 is 1.53 bits per heavy atom. The highest BCUT2D eigenvalue weighted by Crippen LogP contribution is 2.07. The molecule has 15 heavy (non-hydrogen) atoms. The number of anilines is 1. The number of hydrogen-bond donors (Lipinski definition) is 2. The number of nitrogens with one attached hydrogen (secondary N) is 2. The minimum atomic E-state index is -0.167. The van der Waals surface area contributed by atoms with Crippen LogP contribution in [-0.4, -0.2) is 28.2 Å². The lowest BCUT2D eigenvalue weighted by Gasteiger charge is -2.20. The number of aromatic nitrogens is 2. The van der Waals surface area contributed by atoms with Gasteiger partial charge in [0.1, 0.15) is 5.51 Å². The van der Waals surface area contributed by atoms with Crippen molar-refractivity contribution in [3.63, 3.8) is 0 Å². The van der Waals surface area contributed by atoms with Crippen molar-refractivity contribution in [2.24, 2.45) is 0 Å². The van der Waals surface area contributed by atoms with Gasteiger partial charge in [-0.05, 0) is 20.8 Å². The molecule has 0 spiro atoms. The SMILES string of the molecule is CC(C)(C)NC(=O)CCNc1nncs1. The molecule has 84 valence electrons. The van der Waals surface area contributed by atoms with Crippen LogP contribution in [0.25, 0.3) is 0 Å². The second-order valence-electron chi connectivity index (χ2n) is 4.22. The van der Waals surface area contributed by atoms with Crippen molar-refractivity contribution in [2.75, 3.05) is 11.9 Å². The fourth-order valence-electron chi connectivity index (χ4n) is 1.01. The molecular formula is C9H16N4OS. The van der Waals surface area contributed by atoms with Gasteiger partial charge in [-0.15, -0.1) is 10.2 Å². The molecule has 6 heteroatoms. The summed E-state index contributed by atoms with van der Waals surface area (Å²) >= 11 is 1.42. The Bertz CT molecular complexity index is 304. The van der Waals surface area contributed by atoms with Crippen molar-refractivity contribution in [2.45, 2.75) is 32.7 Å². The molecule has 0 aliphatic heterocycles. The van der Waals surface area contributed by atoms with Gasteiger partial charge in [0.15, 0.2) is 0 Å². The standard InChI is InChI=1S/C9H16N4OS/c1-9(2,3)12-7(14)4-5-10-8-13-11-6-15-8/h6H,4-5H2,1-3H3,(H,10,13)(H,12,14). The molecule has 0 saturated heterocycles. The van der Waals surface area contributed by atoms with Gasteiger partial charge in [0.05, 0.1) is 0 Å². The van der Waals surface area contributed by atoms with Gasteiger partial charge in [-0.1, -0.05) is 11.3 Å². The van der Waals surface area contributed by atoms with Crippen molar-refractivity contribution in [3.05, 3.63) is 5.51 Å². The molecule has 0 radical (unpaired) electrons. The Balaban J connectivity index is 2.18. The lowest BCUT2D eigenvalue weighted by atomic mass is 10.1. The Morgan fingerprint density at radius 3 is 2.80 bits per heavy atom. The van der Waals surface area contributed by atoms with Crippen molar-refractivity contribution in [3.8, 4) is 0 Å². The zero-order valence-electron chi connectivity index (χ0n) is 9.20. The summed E-state index contributed by atoms with van der Waals surface area (Å²) in [6, 6.07) is 0. The van der Waals surface area contributed by atoms with E-state index in [-0.39, 0.29) is 11.4 Å². The lowest BCUT2D eigenvalue weighted by Crippen LogP contribution is -2.41. The Labute approximate surface area is 93.3 Å². The molecule has 1 aromatic rings. The van der Waals surface area contributed by atoms with Gasteiger partial charge >= 0.3 is 0 Å². The molecule has 0 bridgehead atoms. The summed E-state index contributed by atoms with van der Waals surface area (Å²) in [5, 5.41) is 14.2. The van der Waals surface area contributed by atoms with Crippen LogP contribution in [0.1, 0.15) is 27.2 Å². The molecule has 1 amide bonds. The topological polar surface area (TPSA) is 66.9 Å². The van der Waals surface area contributed by atoms with E-state index < -0.39 is 0 Å². The first kappa shape index (κ1) is 11.9. The third kappa shape index (κ3) is 5.31. The molecular weight excluding hydrogens is 212 g/mol. The van der Waals surface area contributed by atoms with E-state index in [1.165, 1.54) is 11.3 Å². The Hall–Kier alpha value is -1.17. The number of nitrogens with zero attached hydrogens (tertiary/aromatic N) is 2. The van der Waals surface area contributed by atoms with E-state index in [2.05, 4.69) is 20.8 Å². The zero-order valence-corrected chi connectivity index (χ0v) is 10.0. The van der Waals surface area contributed by atoms with Crippen molar-refractivity contribution in [1.29, 1.82) is 0 Å². The molecule has 0 saturated carbocycles. The second kappa shape index (κ2) is 5.06. The van der Waals surface area contributed by atoms with Crippen LogP contribution in [0.4, 0.5) is 5.13 Å². The number of hydrogen-bond acceptors (Lipinski definition) is 5. The summed E-state index contributed by atoms with van der Waals surface area (Å²) in [5.74, 6) is 0.0412. The maximum Gasteiger partial charge on any atom is 0.222 e. The Kier molecular flexibility index (Phi) is 4.02. The predicted molar refractivity (Wildman–Crippen MR) is 60.9 cm³/mol. The highest BCUT2D eigenvalue weighted by Gasteiger charge is 2.12. The lowest BCUT2D eigenvalue weighted by molar-refractivity contribution is -0.122. The van der Waals surface area contributed by atoms with Gasteiger partial charge in [-0.2, -0.15) is 0 Å². The van der Waals surface area contributed by atoms with E-state index in [1.807, 2.05) is 20.8 Å². The summed E-state index contributed by atoms with van der Waals surface area (Å²) in [6.45, 7) is 6.46. The first-order valence-corrected chi connectivity index (χ1v) is 5.66. The minimum Gasteiger partial charge on any atom is -0.360 e. The molecule has 0 atom stereocenters. The van der Waals surface area contributed by atoms with Crippen LogP contribution in [0, 0.1) is 0 Å². The van der Waals surface area contributed by atoms with Crippen LogP contribution in [0.15, 0.2) is 5.51 Å². The zero-order chi connectivity index (χ0) is 11.3. The van der Waals surface area contributed by atoms with E-state index in [0.717, 1.165) is 5.13 Å². The van der Waals surface area contributed by atoms with Gasteiger partial charge < -0.3 is 10.6 Å². The minimum absolute atomic E-state index is 0.0412. The van der Waals surface area contributed by atoms with Crippen LogP contribution in [-0.2, 0) is 4.79 Å². The van der Waals surface area contributed by atoms with Crippen molar-refractivity contribution in [1.82, 2.24) is 15.5 Å². The Morgan fingerprint density at radius 2 is 2.27 bits per heavy atom. The van der Waals surface area contributed by atoms with E-state index in [9.17, 15) is 4.79 Å². The number of rotatable bonds is 4. The van der Waals surface area contributed by atoms with Crippen molar-refractivity contribution >= 4 is 22.4 Å². The van der Waals surface area contributed by atoms with Crippen LogP contribution in [0.5, 0.6) is 0 Å². The van der Waals surface area contributed by atoms with E-state index in [1.54, 1.807) is 5.51 Å². The highest BCUT2D eigenvalue weighted by molar-refractivity contribution is 7.13. The van der Waals surface area contributed by atoms with E-state index in [4.69, 9.17) is 0 Å². The summed E-state index contributed by atoms with van der Waals surface area (Å²) in [6.07, 6.45) is 0.441.